The number of thiazole rings is 1. The third-order valence-electron chi connectivity index (χ3n) is 6.51. The summed E-state index contributed by atoms with van der Waals surface area (Å²) in [4.78, 5) is 45.7. The highest BCUT2D eigenvalue weighted by atomic mass is 32.1. The van der Waals surface area contributed by atoms with E-state index in [1.807, 2.05) is 24.2 Å². The maximum absolute atomic E-state index is 13.2. The zero-order valence-electron chi connectivity index (χ0n) is 19.7. The van der Waals surface area contributed by atoms with E-state index in [2.05, 4.69) is 27.1 Å². The summed E-state index contributed by atoms with van der Waals surface area (Å²) in [6.45, 7) is 6.97. The first-order valence-electron chi connectivity index (χ1n) is 11.7. The van der Waals surface area contributed by atoms with Gasteiger partial charge in [0.1, 0.15) is 17.7 Å². The Labute approximate surface area is 199 Å². The number of carbonyl (C=O) groups is 2. The molecule has 1 N–H and O–H groups in total. The molecule has 1 atom stereocenters. The minimum absolute atomic E-state index is 0.0320. The highest BCUT2D eigenvalue weighted by Gasteiger charge is 2.35. The van der Waals surface area contributed by atoms with Crippen LogP contribution in [0.4, 0.5) is 10.9 Å². The molecule has 4 rings (SSSR count). The van der Waals surface area contributed by atoms with Crippen molar-refractivity contribution in [2.75, 3.05) is 45.1 Å². The zero-order valence-corrected chi connectivity index (χ0v) is 20.5. The van der Waals surface area contributed by atoms with Gasteiger partial charge in [0, 0.05) is 62.8 Å². The topological polar surface area (TPSA) is 94.6 Å². The first-order valence-corrected chi connectivity index (χ1v) is 12.6. The Bertz CT molecular complexity index is 973. The van der Waals surface area contributed by atoms with Crippen molar-refractivity contribution in [2.45, 2.75) is 51.5 Å². The third-order valence-corrected chi connectivity index (χ3v) is 7.48. The second-order valence-electron chi connectivity index (χ2n) is 8.87. The first kappa shape index (κ1) is 23.6. The predicted octanol–water partition coefficient (Wildman–Crippen LogP) is 2.50. The molecule has 33 heavy (non-hydrogen) atoms. The average Bonchev–Trinajstić information content (AvgIpc) is 3.26. The van der Waals surface area contributed by atoms with Gasteiger partial charge in [-0.15, -0.1) is 11.3 Å². The number of likely N-dealkylation sites (N-methyl/N-ethyl adjacent to an activating group) is 1. The standard InChI is InChI=1S/C23H33N7O2S/c1-4-5-18-14-25-23(33-18)27-20-6-9-24-21(26-20)17-7-10-29(11-8-17)22(32)19-15-30(16(2)31)13-12-28(19)3/h6,9,14,17,19H,4-5,7-8,10-13,15H2,1-3H3,(H,24,25,26,27). The van der Waals surface area contributed by atoms with Crippen LogP contribution in [0.15, 0.2) is 18.5 Å². The van der Waals surface area contributed by atoms with Crippen LogP contribution in [-0.2, 0) is 16.0 Å². The first-order chi connectivity index (χ1) is 15.9. The van der Waals surface area contributed by atoms with Gasteiger partial charge in [0.2, 0.25) is 11.8 Å². The fourth-order valence-corrected chi connectivity index (χ4v) is 5.39. The van der Waals surface area contributed by atoms with E-state index in [4.69, 9.17) is 4.98 Å². The van der Waals surface area contributed by atoms with Crippen LogP contribution in [0.25, 0.3) is 0 Å². The van der Waals surface area contributed by atoms with E-state index in [1.54, 1.807) is 29.4 Å². The van der Waals surface area contributed by atoms with Crippen LogP contribution in [0.2, 0.25) is 0 Å². The second-order valence-corrected chi connectivity index (χ2v) is 9.98. The molecule has 2 aliphatic rings. The summed E-state index contributed by atoms with van der Waals surface area (Å²) in [6.07, 6.45) is 7.52. The van der Waals surface area contributed by atoms with E-state index in [0.29, 0.717) is 26.2 Å². The van der Waals surface area contributed by atoms with Gasteiger partial charge in [0.15, 0.2) is 5.13 Å². The van der Waals surface area contributed by atoms with Gasteiger partial charge in [0.25, 0.3) is 0 Å². The van der Waals surface area contributed by atoms with E-state index in [0.717, 1.165) is 49.0 Å². The number of amides is 2. The molecule has 10 heteroatoms. The average molecular weight is 472 g/mol. The lowest BCUT2D eigenvalue weighted by molar-refractivity contribution is -0.143. The minimum atomic E-state index is -0.265. The van der Waals surface area contributed by atoms with Gasteiger partial charge < -0.3 is 15.1 Å². The molecule has 178 valence electrons. The minimum Gasteiger partial charge on any atom is -0.341 e. The van der Waals surface area contributed by atoms with Crippen molar-refractivity contribution in [1.82, 2.24) is 29.7 Å². The summed E-state index contributed by atoms with van der Waals surface area (Å²) in [6, 6.07) is 1.60. The summed E-state index contributed by atoms with van der Waals surface area (Å²) in [5, 5.41) is 4.15. The van der Waals surface area contributed by atoms with Crippen LogP contribution in [0.3, 0.4) is 0 Å². The van der Waals surface area contributed by atoms with E-state index >= 15 is 0 Å². The molecule has 0 radical (unpaired) electrons. The van der Waals surface area contributed by atoms with Gasteiger partial charge >= 0.3 is 0 Å². The van der Waals surface area contributed by atoms with Crippen LogP contribution in [-0.4, -0.2) is 87.3 Å². The lowest BCUT2D eigenvalue weighted by atomic mass is 9.95. The molecule has 2 aromatic heterocycles. The van der Waals surface area contributed by atoms with Crippen LogP contribution in [0.5, 0.6) is 0 Å². The molecule has 0 saturated carbocycles. The summed E-state index contributed by atoms with van der Waals surface area (Å²) >= 11 is 1.66. The van der Waals surface area contributed by atoms with Crippen molar-refractivity contribution in [3.05, 3.63) is 29.2 Å². The normalized spacial score (nSPS) is 20.2. The van der Waals surface area contributed by atoms with Gasteiger partial charge in [-0.1, -0.05) is 13.3 Å². The van der Waals surface area contributed by atoms with E-state index < -0.39 is 0 Å². The quantitative estimate of drug-likeness (QED) is 0.692. The monoisotopic (exact) mass is 471 g/mol. The Morgan fingerprint density at radius 3 is 2.67 bits per heavy atom. The van der Waals surface area contributed by atoms with Crippen LogP contribution in [0.1, 0.15) is 49.7 Å². The molecule has 2 amide bonds. The lowest BCUT2D eigenvalue weighted by Gasteiger charge is -2.41. The Kier molecular flexibility index (Phi) is 7.54. The molecule has 2 fully saturated rings. The molecule has 1 unspecified atom stereocenters. The molecule has 0 bridgehead atoms. The van der Waals surface area contributed by atoms with Crippen molar-refractivity contribution in [3.8, 4) is 0 Å². The van der Waals surface area contributed by atoms with Crippen molar-refractivity contribution in [2.24, 2.45) is 0 Å². The number of nitrogens with one attached hydrogen (secondary N) is 1. The van der Waals surface area contributed by atoms with Gasteiger partial charge in [-0.05, 0) is 32.4 Å². The molecule has 2 saturated heterocycles. The smallest absolute Gasteiger partial charge is 0.241 e. The number of hydrogen-bond acceptors (Lipinski definition) is 8. The summed E-state index contributed by atoms with van der Waals surface area (Å²) in [5.74, 6) is 1.94. The molecule has 0 aliphatic carbocycles. The molecule has 2 aliphatic heterocycles. The van der Waals surface area contributed by atoms with Crippen LogP contribution >= 0.6 is 11.3 Å². The zero-order chi connectivity index (χ0) is 23.4. The molecular weight excluding hydrogens is 438 g/mol. The predicted molar refractivity (Wildman–Crippen MR) is 129 cm³/mol. The van der Waals surface area contributed by atoms with Crippen molar-refractivity contribution < 1.29 is 9.59 Å². The number of anilines is 2. The molecule has 4 heterocycles. The van der Waals surface area contributed by atoms with Gasteiger partial charge in [-0.2, -0.15) is 0 Å². The molecule has 0 spiro atoms. The highest BCUT2D eigenvalue weighted by molar-refractivity contribution is 7.15. The fraction of sp³-hybridized carbons (Fsp3) is 0.609. The number of likely N-dealkylation sites (tertiary alicyclic amines) is 1. The largest absolute Gasteiger partial charge is 0.341 e. The number of aryl methyl sites for hydroxylation is 1. The van der Waals surface area contributed by atoms with E-state index in [9.17, 15) is 9.59 Å². The third kappa shape index (κ3) is 5.67. The maximum Gasteiger partial charge on any atom is 0.241 e. The summed E-state index contributed by atoms with van der Waals surface area (Å²) in [5.41, 5.74) is 0. The highest BCUT2D eigenvalue weighted by Crippen LogP contribution is 2.28. The summed E-state index contributed by atoms with van der Waals surface area (Å²) < 4.78 is 0. The van der Waals surface area contributed by atoms with Crippen molar-refractivity contribution in [1.29, 1.82) is 0 Å². The number of rotatable bonds is 6. The van der Waals surface area contributed by atoms with Crippen LogP contribution < -0.4 is 5.32 Å². The Hall–Kier alpha value is -2.59. The van der Waals surface area contributed by atoms with Crippen LogP contribution in [0, 0.1) is 0 Å². The van der Waals surface area contributed by atoms with E-state index in [1.165, 1.54) is 4.88 Å². The maximum atomic E-state index is 13.2. The number of piperidine rings is 1. The SMILES string of the molecule is CCCc1cnc(Nc2ccnc(C3CCN(C(=O)C4CN(C(C)=O)CCN4C)CC3)n2)s1. The molecule has 0 aromatic carbocycles. The number of hydrogen-bond donors (Lipinski definition) is 1. The van der Waals surface area contributed by atoms with Crippen molar-refractivity contribution in [3.63, 3.8) is 0 Å². The Balaban J connectivity index is 1.34. The Morgan fingerprint density at radius 1 is 1.15 bits per heavy atom. The van der Waals surface area contributed by atoms with Gasteiger partial charge in [0.05, 0.1) is 0 Å². The van der Waals surface area contributed by atoms with Crippen molar-refractivity contribution >= 4 is 34.1 Å². The summed E-state index contributed by atoms with van der Waals surface area (Å²) in [7, 11) is 1.97. The molecular formula is C23H33N7O2S. The number of carbonyl (C=O) groups excluding carboxylic acids is 2. The van der Waals surface area contributed by atoms with Gasteiger partial charge in [-0.25, -0.2) is 15.0 Å². The molecule has 2 aromatic rings. The second kappa shape index (κ2) is 10.6. The Morgan fingerprint density at radius 2 is 1.94 bits per heavy atom. The number of aromatic nitrogens is 3. The lowest BCUT2D eigenvalue weighted by Crippen LogP contribution is -2.59. The number of nitrogens with zero attached hydrogens (tertiary/aromatic N) is 6. The number of piperazine rings is 1. The van der Waals surface area contributed by atoms with Gasteiger partial charge in [-0.3, -0.25) is 14.5 Å². The fourth-order valence-electron chi connectivity index (χ4n) is 4.47. The molecule has 9 nitrogen and oxygen atoms in total. The van der Waals surface area contributed by atoms with E-state index in [-0.39, 0.29) is 23.8 Å².